The first-order chi connectivity index (χ1) is 12.0. The monoisotopic (exact) mass is 365 g/mol. The van der Waals surface area contributed by atoms with Gasteiger partial charge in [0, 0.05) is 6.54 Å². The molecule has 2 rings (SSSR count). The lowest BCUT2D eigenvalue weighted by molar-refractivity contribution is 0.0135. The Labute approximate surface area is 150 Å². The Morgan fingerprint density at radius 3 is 2.56 bits per heavy atom. The molecule has 134 valence electrons. The van der Waals surface area contributed by atoms with Crippen LogP contribution in [0.25, 0.3) is 0 Å². The second kappa shape index (κ2) is 9.27. The largest absolute Gasteiger partial charge is 0.506 e. The molecule has 0 aliphatic heterocycles. The molecule has 0 spiro atoms. The van der Waals surface area contributed by atoms with Gasteiger partial charge in [0.15, 0.2) is 0 Å². The van der Waals surface area contributed by atoms with Crippen LogP contribution in [0.5, 0.6) is 5.75 Å². The van der Waals surface area contributed by atoms with Crippen LogP contribution < -0.4 is 5.32 Å². The standard InChI is InChI=1S/C18H20ClNO5/c19-14-7-6-13(10-16(14)22)17(23)15(21)8-9-20-18(24)25-11-12-4-2-1-3-5-12/h1-7,10,15,17,21-23H,8-9,11H2,(H,20,24). The highest BCUT2D eigenvalue weighted by Crippen LogP contribution is 2.28. The smallest absolute Gasteiger partial charge is 0.407 e. The third kappa shape index (κ3) is 5.94. The molecule has 25 heavy (non-hydrogen) atoms. The third-order valence-corrected chi connectivity index (χ3v) is 3.92. The Hall–Kier alpha value is -2.28. The van der Waals surface area contributed by atoms with E-state index in [2.05, 4.69) is 5.32 Å². The Kier molecular flexibility index (Phi) is 7.06. The van der Waals surface area contributed by atoms with Crippen LogP contribution in [-0.2, 0) is 11.3 Å². The number of aliphatic hydroxyl groups is 2. The van der Waals surface area contributed by atoms with E-state index in [1.807, 2.05) is 30.3 Å². The van der Waals surface area contributed by atoms with Crippen LogP contribution >= 0.6 is 11.6 Å². The van der Waals surface area contributed by atoms with E-state index in [4.69, 9.17) is 16.3 Å². The molecule has 4 N–H and O–H groups in total. The lowest BCUT2D eigenvalue weighted by Gasteiger charge is -2.18. The molecule has 0 fully saturated rings. The zero-order valence-electron chi connectivity index (χ0n) is 13.4. The van der Waals surface area contributed by atoms with Gasteiger partial charge in [-0.3, -0.25) is 0 Å². The fourth-order valence-electron chi connectivity index (χ4n) is 2.19. The first kappa shape index (κ1) is 19.1. The molecule has 2 aromatic carbocycles. The van der Waals surface area contributed by atoms with Crippen molar-refractivity contribution in [2.45, 2.75) is 25.2 Å². The van der Waals surface area contributed by atoms with E-state index in [0.717, 1.165) is 5.56 Å². The van der Waals surface area contributed by atoms with E-state index < -0.39 is 18.3 Å². The lowest BCUT2D eigenvalue weighted by Crippen LogP contribution is -2.29. The number of phenols is 1. The number of phenolic OH excluding ortho intramolecular Hbond substituents is 1. The highest BCUT2D eigenvalue weighted by Gasteiger charge is 2.19. The summed E-state index contributed by atoms with van der Waals surface area (Å²) in [6.45, 7) is 0.285. The summed E-state index contributed by atoms with van der Waals surface area (Å²) < 4.78 is 5.04. The summed E-state index contributed by atoms with van der Waals surface area (Å²) in [7, 11) is 0. The summed E-state index contributed by atoms with van der Waals surface area (Å²) in [5.74, 6) is -0.173. The van der Waals surface area contributed by atoms with Gasteiger partial charge >= 0.3 is 6.09 Å². The first-order valence-electron chi connectivity index (χ1n) is 7.76. The molecule has 0 bridgehead atoms. The van der Waals surface area contributed by atoms with Gasteiger partial charge in [-0.15, -0.1) is 0 Å². The number of aliphatic hydroxyl groups excluding tert-OH is 2. The van der Waals surface area contributed by atoms with E-state index in [-0.39, 0.29) is 30.3 Å². The van der Waals surface area contributed by atoms with Crippen molar-refractivity contribution in [3.63, 3.8) is 0 Å². The Morgan fingerprint density at radius 1 is 1.16 bits per heavy atom. The summed E-state index contributed by atoms with van der Waals surface area (Å²) in [6.07, 6.45) is -2.81. The highest BCUT2D eigenvalue weighted by atomic mass is 35.5. The Bertz CT molecular complexity index is 695. The number of alkyl carbamates (subject to hydrolysis) is 1. The molecule has 0 saturated heterocycles. The Morgan fingerprint density at radius 2 is 1.88 bits per heavy atom. The highest BCUT2D eigenvalue weighted by molar-refractivity contribution is 6.32. The molecule has 0 radical (unpaired) electrons. The Balaban J connectivity index is 1.72. The molecule has 1 amide bonds. The number of benzene rings is 2. The van der Waals surface area contributed by atoms with Gasteiger partial charge in [0.25, 0.3) is 0 Å². The minimum absolute atomic E-state index is 0.116. The number of nitrogens with one attached hydrogen (secondary N) is 1. The van der Waals surface area contributed by atoms with Crippen LogP contribution in [0.15, 0.2) is 48.5 Å². The third-order valence-electron chi connectivity index (χ3n) is 3.60. The maximum absolute atomic E-state index is 11.6. The lowest BCUT2D eigenvalue weighted by atomic mass is 10.0. The number of carbonyl (C=O) groups is 1. The molecule has 0 aromatic heterocycles. The van der Waals surface area contributed by atoms with E-state index in [0.29, 0.717) is 5.56 Å². The van der Waals surface area contributed by atoms with Crippen LogP contribution in [0.4, 0.5) is 4.79 Å². The first-order valence-corrected chi connectivity index (χ1v) is 8.14. The average molecular weight is 366 g/mol. The molecule has 2 atom stereocenters. The molecule has 6 nitrogen and oxygen atoms in total. The fraction of sp³-hybridized carbons (Fsp3) is 0.278. The van der Waals surface area contributed by atoms with E-state index in [1.165, 1.54) is 18.2 Å². The van der Waals surface area contributed by atoms with Crippen LogP contribution in [0.2, 0.25) is 5.02 Å². The van der Waals surface area contributed by atoms with Crippen molar-refractivity contribution in [2.24, 2.45) is 0 Å². The van der Waals surface area contributed by atoms with Crippen molar-refractivity contribution in [3.8, 4) is 5.75 Å². The topological polar surface area (TPSA) is 99.0 Å². The van der Waals surface area contributed by atoms with Crippen LogP contribution in [-0.4, -0.2) is 34.1 Å². The van der Waals surface area contributed by atoms with Crippen molar-refractivity contribution in [3.05, 3.63) is 64.7 Å². The number of hydrogen-bond acceptors (Lipinski definition) is 5. The van der Waals surface area contributed by atoms with E-state index in [1.54, 1.807) is 0 Å². The average Bonchev–Trinajstić information content (AvgIpc) is 2.62. The van der Waals surface area contributed by atoms with Gasteiger partial charge < -0.3 is 25.4 Å². The van der Waals surface area contributed by atoms with Gasteiger partial charge in [0.1, 0.15) is 18.5 Å². The van der Waals surface area contributed by atoms with Crippen LogP contribution in [0.3, 0.4) is 0 Å². The number of aromatic hydroxyl groups is 1. The number of carbonyl (C=O) groups excluding carboxylic acids is 1. The van der Waals surface area contributed by atoms with Crippen molar-refractivity contribution in [2.75, 3.05) is 6.54 Å². The summed E-state index contributed by atoms with van der Waals surface area (Å²) in [4.78, 5) is 11.6. The van der Waals surface area contributed by atoms with Gasteiger partial charge in [-0.05, 0) is 29.7 Å². The minimum Gasteiger partial charge on any atom is -0.506 e. The molecule has 0 aliphatic carbocycles. The number of amides is 1. The number of hydrogen-bond donors (Lipinski definition) is 4. The summed E-state index contributed by atoms with van der Waals surface area (Å²) >= 11 is 5.70. The molecule has 7 heteroatoms. The van der Waals surface area contributed by atoms with Gasteiger partial charge in [0.05, 0.1) is 11.1 Å². The van der Waals surface area contributed by atoms with Gasteiger partial charge in [-0.1, -0.05) is 48.0 Å². The van der Waals surface area contributed by atoms with E-state index >= 15 is 0 Å². The van der Waals surface area contributed by atoms with Gasteiger partial charge in [-0.25, -0.2) is 4.79 Å². The number of ether oxygens (including phenoxy) is 1. The molecule has 0 saturated carbocycles. The maximum atomic E-state index is 11.6. The van der Waals surface area contributed by atoms with Crippen molar-refractivity contribution in [1.82, 2.24) is 5.32 Å². The SMILES string of the molecule is O=C(NCCC(O)C(O)c1ccc(Cl)c(O)c1)OCc1ccccc1. The number of rotatable bonds is 7. The fourth-order valence-corrected chi connectivity index (χ4v) is 2.31. The molecule has 0 aliphatic rings. The normalized spacial score (nSPS) is 13.1. The summed E-state index contributed by atoms with van der Waals surface area (Å²) in [6, 6.07) is 13.5. The molecule has 0 heterocycles. The maximum Gasteiger partial charge on any atom is 0.407 e. The van der Waals surface area contributed by atoms with Crippen molar-refractivity contribution >= 4 is 17.7 Å². The zero-order valence-corrected chi connectivity index (χ0v) is 14.2. The molecule has 2 aromatic rings. The van der Waals surface area contributed by atoms with Crippen molar-refractivity contribution in [1.29, 1.82) is 0 Å². The van der Waals surface area contributed by atoms with Crippen LogP contribution in [0, 0.1) is 0 Å². The van der Waals surface area contributed by atoms with Gasteiger partial charge in [-0.2, -0.15) is 0 Å². The summed E-state index contributed by atoms with van der Waals surface area (Å²) in [5.41, 5.74) is 1.21. The number of halogens is 1. The molecule has 2 unspecified atom stereocenters. The predicted octanol–water partition coefficient (Wildman–Crippen LogP) is 2.76. The van der Waals surface area contributed by atoms with Gasteiger partial charge in [0.2, 0.25) is 0 Å². The quantitative estimate of drug-likeness (QED) is 0.604. The van der Waals surface area contributed by atoms with Crippen molar-refractivity contribution < 1.29 is 24.9 Å². The molecular weight excluding hydrogens is 346 g/mol. The minimum atomic E-state index is -1.20. The van der Waals surface area contributed by atoms with E-state index in [9.17, 15) is 20.1 Å². The predicted molar refractivity (Wildman–Crippen MR) is 93.3 cm³/mol. The second-order valence-corrected chi connectivity index (χ2v) is 5.91. The zero-order chi connectivity index (χ0) is 18.2. The summed E-state index contributed by atoms with van der Waals surface area (Å²) in [5, 5.41) is 32.3. The molecular formula is C18H20ClNO5. The second-order valence-electron chi connectivity index (χ2n) is 5.50. The van der Waals surface area contributed by atoms with Crippen LogP contribution in [0.1, 0.15) is 23.7 Å².